The Morgan fingerprint density at radius 1 is 0.938 bits per heavy atom. The minimum atomic E-state index is -4.04. The van der Waals surface area contributed by atoms with Gasteiger partial charge in [-0.25, -0.2) is 8.42 Å². The molecule has 0 saturated carbocycles. The van der Waals surface area contributed by atoms with E-state index in [4.69, 9.17) is 0 Å². The number of rotatable bonds is 5. The van der Waals surface area contributed by atoms with Gasteiger partial charge in [0.25, 0.3) is 0 Å². The van der Waals surface area contributed by atoms with E-state index in [1.807, 2.05) is 24.3 Å². The Bertz CT molecular complexity index is 1390. The fraction of sp³-hybridized carbons (Fsp3) is 0.174. The molecule has 9 heteroatoms. The topological polar surface area (TPSA) is 92.3 Å². The molecule has 1 aliphatic heterocycles. The number of nitrogens with zero attached hydrogens (tertiary/aromatic N) is 3. The minimum Gasteiger partial charge on any atom is -0.336 e. The van der Waals surface area contributed by atoms with Crippen LogP contribution in [0.25, 0.3) is 11.0 Å². The molecule has 0 radical (unpaired) electrons. The molecule has 0 saturated heterocycles. The van der Waals surface area contributed by atoms with Gasteiger partial charge in [-0.3, -0.25) is 4.79 Å². The Kier molecular flexibility index (Phi) is 5.46. The maximum atomic E-state index is 13.6. The largest absolute Gasteiger partial charge is 0.336 e. The zero-order chi connectivity index (χ0) is 22.1. The van der Waals surface area contributed by atoms with E-state index in [9.17, 15) is 13.2 Å². The Balaban J connectivity index is 1.50. The molecule has 1 aliphatic rings. The summed E-state index contributed by atoms with van der Waals surface area (Å²) in [5, 5.41) is 0. The van der Waals surface area contributed by atoms with E-state index in [1.165, 1.54) is 11.6 Å². The third-order valence-corrected chi connectivity index (χ3v) is 7.63. The number of hydrogen-bond donors (Lipinski definition) is 1. The van der Waals surface area contributed by atoms with Crippen molar-refractivity contribution in [2.45, 2.75) is 23.9 Å². The number of hydrogen-bond acceptors (Lipinski definition) is 6. The molecule has 1 amide bonds. The predicted molar refractivity (Wildman–Crippen MR) is 122 cm³/mol. The van der Waals surface area contributed by atoms with Gasteiger partial charge in [-0.1, -0.05) is 60.7 Å². The van der Waals surface area contributed by atoms with Crippen LogP contribution in [0.2, 0.25) is 0 Å². The van der Waals surface area contributed by atoms with Crippen molar-refractivity contribution in [2.75, 3.05) is 6.54 Å². The highest BCUT2D eigenvalue weighted by molar-refractivity contribution is 7.89. The van der Waals surface area contributed by atoms with Crippen LogP contribution in [-0.4, -0.2) is 34.5 Å². The highest BCUT2D eigenvalue weighted by Crippen LogP contribution is 2.26. The average Bonchev–Trinajstić information content (AvgIpc) is 3.31. The summed E-state index contributed by atoms with van der Waals surface area (Å²) in [7, 11) is -4.04. The molecule has 1 aromatic heterocycles. The maximum Gasteiger partial charge on any atom is 0.245 e. The zero-order valence-electron chi connectivity index (χ0n) is 17.0. The van der Waals surface area contributed by atoms with E-state index >= 15 is 0 Å². The van der Waals surface area contributed by atoms with Crippen molar-refractivity contribution in [1.29, 1.82) is 0 Å². The summed E-state index contributed by atoms with van der Waals surface area (Å²) in [6.07, 6.45) is 0.736. The van der Waals surface area contributed by atoms with Crippen molar-refractivity contribution in [1.82, 2.24) is 18.4 Å². The molecule has 1 atom stereocenters. The van der Waals surface area contributed by atoms with Crippen molar-refractivity contribution in [2.24, 2.45) is 0 Å². The number of carbonyl (C=O) groups is 1. The second kappa shape index (κ2) is 8.42. The molecule has 162 valence electrons. The summed E-state index contributed by atoms with van der Waals surface area (Å²) < 4.78 is 37.6. The highest BCUT2D eigenvalue weighted by atomic mass is 32.2. The monoisotopic (exact) mass is 464 g/mol. The van der Waals surface area contributed by atoms with Gasteiger partial charge >= 0.3 is 0 Å². The van der Waals surface area contributed by atoms with E-state index in [-0.39, 0.29) is 10.8 Å². The molecular formula is C23H20N4O3S2. The molecule has 0 fully saturated rings. The Morgan fingerprint density at radius 3 is 2.50 bits per heavy atom. The van der Waals surface area contributed by atoms with Crippen LogP contribution >= 0.6 is 11.7 Å². The van der Waals surface area contributed by atoms with Crippen LogP contribution in [0.4, 0.5) is 0 Å². The number of benzene rings is 3. The first-order chi connectivity index (χ1) is 15.5. The van der Waals surface area contributed by atoms with Crippen LogP contribution in [-0.2, 0) is 27.8 Å². The van der Waals surface area contributed by atoms with Gasteiger partial charge in [0.2, 0.25) is 15.9 Å². The number of carbonyl (C=O) groups excluding carboxylic acids is 1. The van der Waals surface area contributed by atoms with E-state index in [0.29, 0.717) is 29.7 Å². The predicted octanol–water partition coefficient (Wildman–Crippen LogP) is 3.30. The summed E-state index contributed by atoms with van der Waals surface area (Å²) >= 11 is 0.954. The van der Waals surface area contributed by atoms with Gasteiger partial charge in [-0.15, -0.1) is 0 Å². The van der Waals surface area contributed by atoms with Gasteiger partial charge < -0.3 is 4.90 Å². The lowest BCUT2D eigenvalue weighted by Crippen LogP contribution is -2.44. The van der Waals surface area contributed by atoms with Gasteiger partial charge in [0.15, 0.2) is 0 Å². The minimum absolute atomic E-state index is 0.0153. The molecular weight excluding hydrogens is 444 g/mol. The van der Waals surface area contributed by atoms with E-state index in [1.54, 1.807) is 41.3 Å². The first-order valence-electron chi connectivity index (χ1n) is 10.2. The number of aromatic nitrogens is 2. The summed E-state index contributed by atoms with van der Waals surface area (Å²) in [5.74, 6) is -0.280. The van der Waals surface area contributed by atoms with Crippen molar-refractivity contribution in [3.63, 3.8) is 0 Å². The van der Waals surface area contributed by atoms with Crippen LogP contribution in [0.3, 0.4) is 0 Å². The van der Waals surface area contributed by atoms with Crippen LogP contribution in [0.15, 0.2) is 77.7 Å². The number of amides is 1. The Hall–Kier alpha value is -3.14. The summed E-state index contributed by atoms with van der Waals surface area (Å²) in [4.78, 5) is 15.3. The molecule has 0 spiro atoms. The fourth-order valence-corrected chi connectivity index (χ4v) is 5.93. The van der Waals surface area contributed by atoms with Crippen LogP contribution in [0, 0.1) is 0 Å². The number of fused-ring (bicyclic) bond motifs is 2. The number of sulfonamides is 1. The van der Waals surface area contributed by atoms with E-state index < -0.39 is 16.1 Å². The van der Waals surface area contributed by atoms with Crippen molar-refractivity contribution in [3.8, 4) is 0 Å². The quantitative estimate of drug-likeness (QED) is 0.489. The highest BCUT2D eigenvalue weighted by Gasteiger charge is 2.33. The third-order valence-electron chi connectivity index (χ3n) is 5.63. The first-order valence-corrected chi connectivity index (χ1v) is 12.4. The summed E-state index contributed by atoms with van der Waals surface area (Å²) in [6.45, 7) is 0.984. The maximum absolute atomic E-state index is 13.6. The molecule has 0 bridgehead atoms. The number of nitrogens with one attached hydrogen (secondary N) is 1. The Morgan fingerprint density at radius 2 is 1.69 bits per heavy atom. The lowest BCUT2D eigenvalue weighted by Gasteiger charge is -2.32. The SMILES string of the molecule is O=C([C@@H](NS(=O)(=O)c1cccc2nsnc12)c1ccccc1)N1CCc2ccccc2C1. The molecule has 0 unspecified atom stereocenters. The lowest BCUT2D eigenvalue weighted by molar-refractivity contribution is -0.134. The van der Waals surface area contributed by atoms with Gasteiger partial charge in [0, 0.05) is 13.1 Å². The second-order valence-electron chi connectivity index (χ2n) is 7.63. The van der Waals surface area contributed by atoms with E-state index in [0.717, 1.165) is 23.7 Å². The molecule has 2 heterocycles. The van der Waals surface area contributed by atoms with Gasteiger partial charge in [-0.2, -0.15) is 13.5 Å². The summed E-state index contributed by atoms with van der Waals surface area (Å²) in [5.41, 5.74) is 3.70. The lowest BCUT2D eigenvalue weighted by atomic mass is 9.98. The van der Waals surface area contributed by atoms with Crippen LogP contribution in [0.5, 0.6) is 0 Å². The van der Waals surface area contributed by atoms with Crippen molar-refractivity contribution < 1.29 is 13.2 Å². The van der Waals surface area contributed by atoms with E-state index in [2.05, 4.69) is 19.5 Å². The van der Waals surface area contributed by atoms with Crippen molar-refractivity contribution >= 4 is 38.7 Å². The van der Waals surface area contributed by atoms with Crippen molar-refractivity contribution in [3.05, 3.63) is 89.5 Å². The summed E-state index contributed by atoms with van der Waals surface area (Å²) in [6, 6.07) is 20.7. The normalized spacial score (nSPS) is 14.8. The van der Waals surface area contributed by atoms with Crippen LogP contribution in [0.1, 0.15) is 22.7 Å². The molecule has 4 aromatic rings. The molecule has 3 aromatic carbocycles. The molecule has 32 heavy (non-hydrogen) atoms. The molecule has 1 N–H and O–H groups in total. The van der Waals surface area contributed by atoms with Crippen LogP contribution < -0.4 is 4.72 Å². The standard InChI is InChI=1S/C23H20N4O3S2/c28-23(27-14-13-16-7-4-5-10-18(16)15-27)21(17-8-2-1-3-9-17)26-32(29,30)20-12-6-11-19-22(20)25-31-24-19/h1-12,21,26H,13-15H2/t21-/m0/s1. The zero-order valence-corrected chi connectivity index (χ0v) is 18.6. The smallest absolute Gasteiger partial charge is 0.245 e. The Labute approximate surface area is 190 Å². The second-order valence-corrected chi connectivity index (χ2v) is 9.84. The van der Waals surface area contributed by atoms with Gasteiger partial charge in [0.05, 0.1) is 11.7 Å². The van der Waals surface area contributed by atoms with Gasteiger partial charge in [0.1, 0.15) is 22.0 Å². The van der Waals surface area contributed by atoms with Gasteiger partial charge in [-0.05, 0) is 35.2 Å². The molecule has 7 nitrogen and oxygen atoms in total. The average molecular weight is 465 g/mol. The first kappa shape index (κ1) is 20.7. The molecule has 5 rings (SSSR count). The third kappa shape index (κ3) is 3.90. The molecule has 0 aliphatic carbocycles. The fourth-order valence-electron chi connectivity index (χ4n) is 3.99.